The summed E-state index contributed by atoms with van der Waals surface area (Å²) >= 11 is 0. The Bertz CT molecular complexity index is 691. The summed E-state index contributed by atoms with van der Waals surface area (Å²) in [5, 5.41) is 0. The van der Waals surface area contributed by atoms with Gasteiger partial charge in [-0.25, -0.2) is 12.8 Å². The molecule has 19 heavy (non-hydrogen) atoms. The molecule has 0 radical (unpaired) electrons. The fourth-order valence-electron chi connectivity index (χ4n) is 1.66. The molecule has 2 rings (SSSR count). The molecule has 0 saturated carbocycles. The van der Waals surface area contributed by atoms with Crippen molar-refractivity contribution in [1.82, 2.24) is 0 Å². The summed E-state index contributed by atoms with van der Waals surface area (Å²) in [6, 6.07) is 11.1. The van der Waals surface area contributed by atoms with Gasteiger partial charge in [0.15, 0.2) is 9.84 Å². The van der Waals surface area contributed by atoms with Gasteiger partial charge in [-0.05, 0) is 29.8 Å². The number of sulfone groups is 1. The van der Waals surface area contributed by atoms with Crippen LogP contribution in [0.15, 0.2) is 53.4 Å². The molecule has 0 aliphatic carbocycles. The van der Waals surface area contributed by atoms with Crippen molar-refractivity contribution in [2.24, 2.45) is 0 Å². The number of halogens is 1. The van der Waals surface area contributed by atoms with E-state index in [2.05, 4.69) is 0 Å². The first-order valence-electron chi connectivity index (χ1n) is 5.54. The van der Waals surface area contributed by atoms with E-state index in [0.29, 0.717) is 17.4 Å². The second-order valence-corrected chi connectivity index (χ2v) is 6.07. The molecule has 0 amide bonds. The molecule has 0 saturated heterocycles. The molecular formula is C14H11FO3S. The van der Waals surface area contributed by atoms with Gasteiger partial charge < -0.3 is 0 Å². The van der Waals surface area contributed by atoms with Crippen molar-refractivity contribution in [3.8, 4) is 0 Å². The third kappa shape index (κ3) is 3.26. The molecule has 3 nitrogen and oxygen atoms in total. The topological polar surface area (TPSA) is 51.2 Å². The summed E-state index contributed by atoms with van der Waals surface area (Å²) in [4.78, 5) is 10.7. The van der Waals surface area contributed by atoms with Crippen LogP contribution >= 0.6 is 0 Å². The summed E-state index contributed by atoms with van der Waals surface area (Å²) in [7, 11) is -3.54. The normalized spacial score (nSPS) is 11.2. The van der Waals surface area contributed by atoms with Gasteiger partial charge in [-0.1, -0.05) is 24.3 Å². The predicted octanol–water partition coefficient (Wildman–Crippen LogP) is 2.61. The number of carbonyl (C=O) groups is 1. The first kappa shape index (κ1) is 13.4. The van der Waals surface area contributed by atoms with Crippen LogP contribution < -0.4 is 0 Å². The van der Waals surface area contributed by atoms with E-state index in [0.717, 1.165) is 0 Å². The van der Waals surface area contributed by atoms with Crippen LogP contribution in [0.5, 0.6) is 0 Å². The molecule has 0 bridgehead atoms. The van der Waals surface area contributed by atoms with E-state index in [-0.39, 0.29) is 10.6 Å². The van der Waals surface area contributed by atoms with Crippen molar-refractivity contribution < 1.29 is 17.6 Å². The SMILES string of the molecule is O=Cc1cccc(S(=O)(=O)Cc2ccc(F)cc2)c1. The zero-order valence-electron chi connectivity index (χ0n) is 9.91. The highest BCUT2D eigenvalue weighted by Gasteiger charge is 2.15. The number of carbonyl (C=O) groups excluding carboxylic acids is 1. The van der Waals surface area contributed by atoms with Gasteiger partial charge in [0, 0.05) is 5.56 Å². The minimum atomic E-state index is -3.54. The van der Waals surface area contributed by atoms with Gasteiger partial charge in [-0.15, -0.1) is 0 Å². The van der Waals surface area contributed by atoms with Crippen molar-refractivity contribution in [2.75, 3.05) is 0 Å². The van der Waals surface area contributed by atoms with Crippen LogP contribution in [-0.4, -0.2) is 14.7 Å². The average Bonchev–Trinajstić information content (AvgIpc) is 2.41. The van der Waals surface area contributed by atoms with Gasteiger partial charge in [0.1, 0.15) is 12.1 Å². The lowest BCUT2D eigenvalue weighted by molar-refractivity contribution is 0.112. The minimum Gasteiger partial charge on any atom is -0.298 e. The second-order valence-electron chi connectivity index (χ2n) is 4.08. The first-order chi connectivity index (χ1) is 9.01. The lowest BCUT2D eigenvalue weighted by atomic mass is 10.2. The largest absolute Gasteiger partial charge is 0.298 e. The van der Waals surface area contributed by atoms with Crippen LogP contribution in [0.3, 0.4) is 0 Å². The molecule has 5 heteroatoms. The Labute approximate surface area is 110 Å². The fourth-order valence-corrected chi connectivity index (χ4v) is 3.06. The quantitative estimate of drug-likeness (QED) is 0.808. The van der Waals surface area contributed by atoms with Crippen LogP contribution in [0.1, 0.15) is 15.9 Å². The molecule has 0 aliphatic heterocycles. The van der Waals surface area contributed by atoms with Crippen molar-refractivity contribution in [3.05, 3.63) is 65.5 Å². The summed E-state index contributed by atoms with van der Waals surface area (Å²) in [5.74, 6) is -0.639. The third-order valence-corrected chi connectivity index (χ3v) is 4.31. The average molecular weight is 278 g/mol. The molecule has 98 valence electrons. The Morgan fingerprint density at radius 2 is 1.74 bits per heavy atom. The molecule has 0 atom stereocenters. The standard InChI is InChI=1S/C14H11FO3S/c15-13-6-4-11(5-7-13)10-19(17,18)14-3-1-2-12(8-14)9-16/h1-9H,10H2. The highest BCUT2D eigenvalue weighted by atomic mass is 32.2. The Morgan fingerprint density at radius 3 is 2.37 bits per heavy atom. The van der Waals surface area contributed by atoms with E-state index in [1.165, 1.54) is 48.5 Å². The zero-order chi connectivity index (χ0) is 13.9. The van der Waals surface area contributed by atoms with Crippen molar-refractivity contribution >= 4 is 16.1 Å². The minimum absolute atomic E-state index is 0.0847. The highest BCUT2D eigenvalue weighted by Crippen LogP contribution is 2.17. The van der Waals surface area contributed by atoms with Gasteiger partial charge in [0.05, 0.1) is 10.6 Å². The Balaban J connectivity index is 2.31. The van der Waals surface area contributed by atoms with Crippen LogP contribution in [0.25, 0.3) is 0 Å². The zero-order valence-corrected chi connectivity index (χ0v) is 10.7. The van der Waals surface area contributed by atoms with Gasteiger partial charge in [0.25, 0.3) is 0 Å². The Kier molecular flexibility index (Phi) is 3.76. The molecule has 0 aliphatic rings. The fraction of sp³-hybridized carbons (Fsp3) is 0.0714. The van der Waals surface area contributed by atoms with Gasteiger partial charge in [-0.3, -0.25) is 4.79 Å². The van der Waals surface area contributed by atoms with E-state index < -0.39 is 15.7 Å². The molecule has 0 spiro atoms. The van der Waals surface area contributed by atoms with Gasteiger partial charge in [0.2, 0.25) is 0 Å². The number of benzene rings is 2. The maximum absolute atomic E-state index is 12.8. The molecule has 0 unspecified atom stereocenters. The van der Waals surface area contributed by atoms with E-state index in [9.17, 15) is 17.6 Å². The highest BCUT2D eigenvalue weighted by molar-refractivity contribution is 7.90. The van der Waals surface area contributed by atoms with Crippen LogP contribution in [0.2, 0.25) is 0 Å². The second kappa shape index (κ2) is 5.32. The van der Waals surface area contributed by atoms with Crippen LogP contribution in [-0.2, 0) is 15.6 Å². The predicted molar refractivity (Wildman–Crippen MR) is 69.1 cm³/mol. The van der Waals surface area contributed by atoms with Crippen molar-refractivity contribution in [2.45, 2.75) is 10.6 Å². The summed E-state index contributed by atoms with van der Waals surface area (Å²) < 4.78 is 37.0. The van der Waals surface area contributed by atoms with E-state index in [1.54, 1.807) is 0 Å². The third-order valence-electron chi connectivity index (χ3n) is 2.62. The molecule has 0 N–H and O–H groups in total. The smallest absolute Gasteiger partial charge is 0.182 e. The maximum Gasteiger partial charge on any atom is 0.182 e. The molecule has 2 aromatic carbocycles. The molecule has 0 fully saturated rings. The summed E-state index contributed by atoms with van der Waals surface area (Å²) in [5.41, 5.74) is 0.804. The van der Waals surface area contributed by atoms with Crippen molar-refractivity contribution in [3.63, 3.8) is 0 Å². The van der Waals surface area contributed by atoms with E-state index in [4.69, 9.17) is 0 Å². The number of hydrogen-bond donors (Lipinski definition) is 0. The summed E-state index contributed by atoms with van der Waals surface area (Å²) in [6.45, 7) is 0. The lowest BCUT2D eigenvalue weighted by Crippen LogP contribution is -2.05. The van der Waals surface area contributed by atoms with Gasteiger partial charge in [-0.2, -0.15) is 0 Å². The number of aldehydes is 1. The summed E-state index contributed by atoms with van der Waals surface area (Å²) in [6.07, 6.45) is 0.594. The molecule has 0 aromatic heterocycles. The van der Waals surface area contributed by atoms with Crippen LogP contribution in [0.4, 0.5) is 4.39 Å². The lowest BCUT2D eigenvalue weighted by Gasteiger charge is -2.05. The first-order valence-corrected chi connectivity index (χ1v) is 7.19. The monoisotopic (exact) mass is 278 g/mol. The van der Waals surface area contributed by atoms with Gasteiger partial charge >= 0.3 is 0 Å². The molecule has 0 heterocycles. The maximum atomic E-state index is 12.8. The van der Waals surface area contributed by atoms with E-state index in [1.807, 2.05) is 0 Å². The Morgan fingerprint density at radius 1 is 1.05 bits per heavy atom. The Hall–Kier alpha value is -2.01. The molecular weight excluding hydrogens is 267 g/mol. The number of hydrogen-bond acceptors (Lipinski definition) is 3. The number of rotatable bonds is 4. The van der Waals surface area contributed by atoms with Crippen molar-refractivity contribution in [1.29, 1.82) is 0 Å². The molecule has 2 aromatic rings. The van der Waals surface area contributed by atoms with E-state index >= 15 is 0 Å². The van der Waals surface area contributed by atoms with Crippen LogP contribution in [0, 0.1) is 5.82 Å².